The quantitative estimate of drug-likeness (QED) is 0.783. The summed E-state index contributed by atoms with van der Waals surface area (Å²) in [6.07, 6.45) is 0. The highest BCUT2D eigenvalue weighted by Crippen LogP contribution is 2.25. The van der Waals surface area contributed by atoms with Crippen LogP contribution in [0, 0.1) is 0 Å². The van der Waals surface area contributed by atoms with Crippen LogP contribution in [0.2, 0.25) is 39.3 Å². The molecule has 0 saturated heterocycles. The van der Waals surface area contributed by atoms with Gasteiger partial charge < -0.3 is 8.99 Å². The summed E-state index contributed by atoms with van der Waals surface area (Å²) in [7, 11) is -3.28. The molecular formula is C14H25NO2Si2. The summed E-state index contributed by atoms with van der Waals surface area (Å²) < 4.78 is 7.87. The summed E-state index contributed by atoms with van der Waals surface area (Å²) >= 11 is 0. The fourth-order valence-electron chi connectivity index (χ4n) is 2.06. The third-order valence-electron chi connectivity index (χ3n) is 2.50. The molecule has 0 aromatic heterocycles. The molecular weight excluding hydrogens is 270 g/mol. The van der Waals surface area contributed by atoms with E-state index in [1.807, 2.05) is 28.8 Å². The van der Waals surface area contributed by atoms with Crippen molar-refractivity contribution >= 4 is 28.1 Å². The lowest BCUT2D eigenvalue weighted by Crippen LogP contribution is -2.49. The van der Waals surface area contributed by atoms with Crippen LogP contribution >= 0.6 is 0 Å². The molecule has 19 heavy (non-hydrogen) atoms. The molecule has 0 N–H and O–H groups in total. The predicted molar refractivity (Wildman–Crippen MR) is 86.9 cm³/mol. The Labute approximate surface area is 118 Å². The van der Waals surface area contributed by atoms with Gasteiger partial charge in [0.25, 0.3) is 0 Å². The third kappa shape index (κ3) is 4.83. The van der Waals surface area contributed by atoms with Gasteiger partial charge in [-0.25, -0.2) is 0 Å². The van der Waals surface area contributed by atoms with Crippen LogP contribution in [-0.2, 0) is 4.79 Å². The van der Waals surface area contributed by atoms with Gasteiger partial charge in [0.05, 0.1) is 0 Å². The van der Waals surface area contributed by atoms with Gasteiger partial charge in [0.1, 0.15) is 5.75 Å². The maximum Gasteiger partial charge on any atom is 0.242 e. The Morgan fingerprint density at radius 2 is 1.47 bits per heavy atom. The van der Waals surface area contributed by atoms with Gasteiger partial charge >= 0.3 is 0 Å². The average Bonchev–Trinajstić information content (AvgIpc) is 2.15. The van der Waals surface area contributed by atoms with E-state index in [1.54, 1.807) is 6.92 Å². The lowest BCUT2D eigenvalue weighted by Gasteiger charge is -2.33. The summed E-state index contributed by atoms with van der Waals surface area (Å²) in [4.78, 5) is 11.8. The molecule has 0 aliphatic heterocycles. The Morgan fingerprint density at radius 1 is 1.00 bits per heavy atom. The molecule has 0 aliphatic rings. The van der Waals surface area contributed by atoms with E-state index in [9.17, 15) is 4.79 Å². The standard InChI is InChI=1S/C14H25NO2Si2/c1-12(16)15(18(2,3)4)13-8-10-14(11-9-13)17-19(5,6)7/h8-11H,1-7H3. The van der Waals surface area contributed by atoms with Gasteiger partial charge in [-0.2, -0.15) is 0 Å². The maximum absolute atomic E-state index is 11.8. The number of hydrogen-bond acceptors (Lipinski definition) is 2. The molecule has 0 atom stereocenters. The largest absolute Gasteiger partial charge is 0.544 e. The number of nitrogens with zero attached hydrogens (tertiary/aromatic N) is 1. The minimum absolute atomic E-state index is 0.109. The zero-order valence-corrected chi connectivity index (χ0v) is 15.1. The van der Waals surface area contributed by atoms with E-state index in [0.29, 0.717) is 0 Å². The average molecular weight is 296 g/mol. The fraction of sp³-hybridized carbons (Fsp3) is 0.500. The van der Waals surface area contributed by atoms with Crippen molar-refractivity contribution in [2.75, 3.05) is 4.57 Å². The molecule has 0 fully saturated rings. The number of amides is 1. The fourth-order valence-corrected chi connectivity index (χ4v) is 4.77. The molecule has 0 unspecified atom stereocenters. The van der Waals surface area contributed by atoms with Crippen molar-refractivity contribution in [2.24, 2.45) is 0 Å². The molecule has 0 bridgehead atoms. The summed E-state index contributed by atoms with van der Waals surface area (Å²) in [6, 6.07) is 7.89. The first-order chi connectivity index (χ1) is 8.50. The molecule has 1 aromatic rings. The van der Waals surface area contributed by atoms with Gasteiger partial charge in [-0.3, -0.25) is 4.79 Å². The van der Waals surface area contributed by atoms with E-state index >= 15 is 0 Å². The van der Waals surface area contributed by atoms with Gasteiger partial charge in [-0.05, 0) is 43.9 Å². The Hall–Kier alpha value is -1.08. The second kappa shape index (κ2) is 5.50. The SMILES string of the molecule is CC(=O)N(c1ccc(O[Si](C)(C)C)cc1)[Si](C)(C)C. The molecule has 5 heteroatoms. The highest BCUT2D eigenvalue weighted by molar-refractivity contribution is 6.83. The molecule has 0 spiro atoms. The van der Waals surface area contributed by atoms with Crippen molar-refractivity contribution < 1.29 is 9.22 Å². The summed E-state index contributed by atoms with van der Waals surface area (Å²) in [6.45, 7) is 14.6. The van der Waals surface area contributed by atoms with E-state index in [2.05, 4.69) is 39.3 Å². The summed E-state index contributed by atoms with van der Waals surface area (Å²) in [5.74, 6) is 1.00. The van der Waals surface area contributed by atoms with Crippen LogP contribution in [0.4, 0.5) is 5.69 Å². The van der Waals surface area contributed by atoms with Gasteiger partial charge in [-0.15, -0.1) is 0 Å². The highest BCUT2D eigenvalue weighted by Gasteiger charge is 2.27. The molecule has 106 valence electrons. The van der Waals surface area contributed by atoms with E-state index in [4.69, 9.17) is 4.43 Å². The molecule has 1 aromatic carbocycles. The lowest BCUT2D eigenvalue weighted by atomic mass is 10.3. The minimum atomic E-state index is -1.70. The third-order valence-corrected chi connectivity index (χ3v) is 5.27. The van der Waals surface area contributed by atoms with Gasteiger partial charge in [0, 0.05) is 12.6 Å². The summed E-state index contributed by atoms with van der Waals surface area (Å²) in [5.41, 5.74) is 0.967. The Morgan fingerprint density at radius 3 is 1.79 bits per heavy atom. The number of benzene rings is 1. The molecule has 0 radical (unpaired) electrons. The number of hydrogen-bond donors (Lipinski definition) is 0. The van der Waals surface area contributed by atoms with Crippen LogP contribution < -0.4 is 8.99 Å². The van der Waals surface area contributed by atoms with E-state index in [0.717, 1.165) is 11.4 Å². The molecule has 1 amide bonds. The Bertz CT molecular complexity index is 444. The van der Waals surface area contributed by atoms with Gasteiger partial charge in [0.2, 0.25) is 14.2 Å². The van der Waals surface area contributed by atoms with Crippen LogP contribution in [0.1, 0.15) is 6.92 Å². The number of carbonyl (C=O) groups is 1. The molecule has 0 saturated carbocycles. The van der Waals surface area contributed by atoms with Crippen LogP contribution in [0.3, 0.4) is 0 Å². The van der Waals surface area contributed by atoms with Crippen molar-refractivity contribution in [3.63, 3.8) is 0 Å². The zero-order chi connectivity index (χ0) is 14.8. The molecule has 0 heterocycles. The second-order valence-electron chi connectivity index (χ2n) is 6.73. The van der Waals surface area contributed by atoms with Gasteiger partial charge in [-0.1, -0.05) is 19.6 Å². The van der Waals surface area contributed by atoms with Gasteiger partial charge in [0.15, 0.2) is 8.24 Å². The normalized spacial score (nSPS) is 12.2. The van der Waals surface area contributed by atoms with Crippen molar-refractivity contribution in [2.45, 2.75) is 46.2 Å². The number of anilines is 1. The predicted octanol–water partition coefficient (Wildman–Crippen LogP) is 4.09. The second-order valence-corrected chi connectivity index (χ2v) is 16.0. The van der Waals surface area contributed by atoms with Crippen LogP contribution in [0.15, 0.2) is 24.3 Å². The first-order valence-electron chi connectivity index (χ1n) is 6.60. The lowest BCUT2D eigenvalue weighted by molar-refractivity contribution is -0.115. The highest BCUT2D eigenvalue weighted by atomic mass is 28.4. The number of carbonyl (C=O) groups excluding carboxylic acids is 1. The Balaban J connectivity index is 3.00. The van der Waals surface area contributed by atoms with E-state index in [1.165, 1.54) is 0 Å². The molecule has 3 nitrogen and oxygen atoms in total. The Kier molecular flexibility index (Phi) is 4.63. The van der Waals surface area contributed by atoms with Crippen LogP contribution in [0.25, 0.3) is 0 Å². The zero-order valence-electron chi connectivity index (χ0n) is 13.1. The molecule has 1 rings (SSSR count). The van der Waals surface area contributed by atoms with Crippen LogP contribution in [0.5, 0.6) is 5.75 Å². The smallest absolute Gasteiger partial charge is 0.242 e. The number of rotatable bonds is 4. The van der Waals surface area contributed by atoms with E-state index < -0.39 is 16.6 Å². The van der Waals surface area contributed by atoms with Crippen molar-refractivity contribution in [1.29, 1.82) is 0 Å². The first kappa shape index (κ1) is 16.0. The van der Waals surface area contributed by atoms with Crippen LogP contribution in [-0.4, -0.2) is 22.5 Å². The molecule has 0 aliphatic carbocycles. The first-order valence-corrected chi connectivity index (χ1v) is 13.5. The maximum atomic E-state index is 11.8. The summed E-state index contributed by atoms with van der Waals surface area (Å²) in [5, 5.41) is 0. The van der Waals surface area contributed by atoms with Crippen molar-refractivity contribution in [1.82, 2.24) is 0 Å². The van der Waals surface area contributed by atoms with Crippen molar-refractivity contribution in [3.8, 4) is 5.75 Å². The van der Waals surface area contributed by atoms with E-state index in [-0.39, 0.29) is 5.91 Å². The minimum Gasteiger partial charge on any atom is -0.544 e. The monoisotopic (exact) mass is 295 g/mol. The topological polar surface area (TPSA) is 29.5 Å². The van der Waals surface area contributed by atoms with Crippen molar-refractivity contribution in [3.05, 3.63) is 24.3 Å².